The fourth-order valence-electron chi connectivity index (χ4n) is 1.87. The highest BCUT2D eigenvalue weighted by atomic mass is 79.9. The van der Waals surface area contributed by atoms with Crippen molar-refractivity contribution in [3.05, 3.63) is 51.5 Å². The van der Waals surface area contributed by atoms with E-state index in [1.807, 2.05) is 0 Å². The number of nitrogens with zero attached hydrogens (tertiary/aromatic N) is 4. The van der Waals surface area contributed by atoms with Gasteiger partial charge in [-0.3, -0.25) is 4.68 Å². The normalized spacial score (nSPS) is 11.9. The van der Waals surface area contributed by atoms with Crippen molar-refractivity contribution in [2.45, 2.75) is 12.7 Å². The van der Waals surface area contributed by atoms with Crippen molar-refractivity contribution in [2.24, 2.45) is 0 Å². The van der Waals surface area contributed by atoms with Crippen molar-refractivity contribution in [1.82, 2.24) is 19.9 Å². The van der Waals surface area contributed by atoms with Crippen LogP contribution < -0.4 is 0 Å². The van der Waals surface area contributed by atoms with Gasteiger partial charge in [-0.15, -0.1) is 0 Å². The van der Waals surface area contributed by atoms with Gasteiger partial charge in [0.25, 0.3) is 0 Å². The van der Waals surface area contributed by atoms with Gasteiger partial charge in [-0.25, -0.2) is 0 Å². The van der Waals surface area contributed by atoms with Crippen molar-refractivity contribution in [3.63, 3.8) is 0 Å². The van der Waals surface area contributed by atoms with Gasteiger partial charge in [-0.1, -0.05) is 28.9 Å². The summed E-state index contributed by atoms with van der Waals surface area (Å²) in [5, 5.41) is 7.80. The molecule has 120 valence electrons. The zero-order valence-electron chi connectivity index (χ0n) is 11.2. The average molecular weight is 408 g/mol. The first-order chi connectivity index (χ1) is 10.8. The third-order valence-electron chi connectivity index (χ3n) is 2.91. The van der Waals surface area contributed by atoms with Crippen LogP contribution in [0.4, 0.5) is 13.2 Å². The lowest BCUT2D eigenvalue weighted by Gasteiger charge is -2.05. The molecule has 0 saturated carbocycles. The number of rotatable bonds is 3. The van der Waals surface area contributed by atoms with Gasteiger partial charge >= 0.3 is 12.1 Å². The van der Waals surface area contributed by atoms with E-state index in [4.69, 9.17) is 11.6 Å². The molecular formula is C13H7BrClF3N4O. The van der Waals surface area contributed by atoms with Gasteiger partial charge in [0.1, 0.15) is 0 Å². The highest BCUT2D eigenvalue weighted by molar-refractivity contribution is 9.10. The Kier molecular flexibility index (Phi) is 4.15. The molecule has 3 rings (SSSR count). The summed E-state index contributed by atoms with van der Waals surface area (Å²) in [5.41, 5.74) is 1.09. The van der Waals surface area contributed by atoms with E-state index >= 15 is 0 Å². The van der Waals surface area contributed by atoms with Gasteiger partial charge in [0.15, 0.2) is 0 Å². The van der Waals surface area contributed by atoms with Crippen LogP contribution in [-0.2, 0) is 12.7 Å². The monoisotopic (exact) mass is 406 g/mol. The number of hydrogen-bond donors (Lipinski definition) is 0. The third kappa shape index (κ3) is 3.56. The Bertz CT molecular complexity index is 846. The predicted octanol–water partition coefficient (Wildman–Crippen LogP) is 4.42. The molecule has 3 aromatic rings. The van der Waals surface area contributed by atoms with Crippen molar-refractivity contribution in [2.75, 3.05) is 0 Å². The van der Waals surface area contributed by atoms with Crippen LogP contribution in [-0.4, -0.2) is 19.9 Å². The van der Waals surface area contributed by atoms with Gasteiger partial charge in [0.2, 0.25) is 5.82 Å². The van der Waals surface area contributed by atoms with Crippen LogP contribution in [0.3, 0.4) is 0 Å². The topological polar surface area (TPSA) is 56.7 Å². The molecule has 0 aliphatic carbocycles. The van der Waals surface area contributed by atoms with Gasteiger partial charge in [-0.05, 0) is 27.6 Å². The fraction of sp³-hybridized carbons (Fsp3) is 0.154. The summed E-state index contributed by atoms with van der Waals surface area (Å²) in [6.07, 6.45) is -1.26. The summed E-state index contributed by atoms with van der Waals surface area (Å²) >= 11 is 9.46. The van der Waals surface area contributed by atoms with E-state index in [9.17, 15) is 13.2 Å². The maximum atomic E-state index is 12.5. The molecule has 1 aromatic carbocycles. The van der Waals surface area contributed by atoms with Gasteiger partial charge < -0.3 is 4.52 Å². The second-order valence-electron chi connectivity index (χ2n) is 4.58. The van der Waals surface area contributed by atoms with Crippen LogP contribution in [0.25, 0.3) is 11.4 Å². The molecule has 0 aliphatic heterocycles. The van der Waals surface area contributed by atoms with E-state index in [1.54, 1.807) is 29.2 Å². The quantitative estimate of drug-likeness (QED) is 0.645. The molecule has 0 aliphatic rings. The SMILES string of the molecule is FC(F)(F)c1nc(-c2ccc(Cn3cc(Br)cn3)c(Cl)c2)no1. The van der Waals surface area contributed by atoms with E-state index in [2.05, 4.69) is 35.7 Å². The molecule has 5 nitrogen and oxygen atoms in total. The predicted molar refractivity (Wildman–Crippen MR) is 78.8 cm³/mol. The minimum atomic E-state index is -4.68. The molecule has 0 N–H and O–H groups in total. The summed E-state index contributed by atoms with van der Waals surface area (Å²) < 4.78 is 44.1. The zero-order chi connectivity index (χ0) is 16.6. The lowest BCUT2D eigenvalue weighted by atomic mass is 10.1. The minimum Gasteiger partial charge on any atom is -0.329 e. The lowest BCUT2D eigenvalue weighted by molar-refractivity contribution is -0.159. The molecule has 0 atom stereocenters. The largest absolute Gasteiger partial charge is 0.471 e. The molecule has 0 unspecified atom stereocenters. The number of alkyl halides is 3. The average Bonchev–Trinajstić information content (AvgIpc) is 3.10. The molecule has 0 saturated heterocycles. The van der Waals surface area contributed by atoms with E-state index in [0.717, 1.165) is 10.0 Å². The second kappa shape index (κ2) is 5.97. The molecular weight excluding hydrogens is 401 g/mol. The van der Waals surface area contributed by atoms with Crippen LogP contribution in [0.5, 0.6) is 0 Å². The highest BCUT2D eigenvalue weighted by Gasteiger charge is 2.38. The minimum absolute atomic E-state index is 0.174. The number of benzene rings is 1. The maximum absolute atomic E-state index is 12.5. The summed E-state index contributed by atoms with van der Waals surface area (Å²) in [6.45, 7) is 0.421. The first kappa shape index (κ1) is 16.0. The number of hydrogen-bond acceptors (Lipinski definition) is 4. The van der Waals surface area contributed by atoms with Crippen molar-refractivity contribution in [1.29, 1.82) is 0 Å². The molecule has 0 amide bonds. The lowest BCUT2D eigenvalue weighted by Crippen LogP contribution is -2.04. The standard InChI is InChI=1S/C13H7BrClF3N4O/c14-9-4-19-22(6-9)5-8-2-1-7(3-10(8)15)11-20-12(23-21-11)13(16,17)18/h1-4,6H,5H2. The number of halogens is 5. The smallest absolute Gasteiger partial charge is 0.329 e. The number of aromatic nitrogens is 4. The van der Waals surface area contributed by atoms with E-state index in [1.165, 1.54) is 6.07 Å². The summed E-state index contributed by atoms with van der Waals surface area (Å²) in [4.78, 5) is 3.32. The van der Waals surface area contributed by atoms with Crippen molar-refractivity contribution >= 4 is 27.5 Å². The third-order valence-corrected chi connectivity index (χ3v) is 3.68. The molecule has 2 heterocycles. The Morgan fingerprint density at radius 2 is 2.09 bits per heavy atom. The van der Waals surface area contributed by atoms with Gasteiger partial charge in [0.05, 0.1) is 17.2 Å². The molecule has 0 radical (unpaired) electrons. The van der Waals surface area contributed by atoms with E-state index in [-0.39, 0.29) is 5.82 Å². The van der Waals surface area contributed by atoms with Crippen LogP contribution in [0.15, 0.2) is 39.6 Å². The molecule has 0 fully saturated rings. The second-order valence-corrected chi connectivity index (χ2v) is 5.91. The molecule has 0 spiro atoms. The summed E-state index contributed by atoms with van der Waals surface area (Å²) in [6, 6.07) is 4.74. The Labute approximate surface area is 141 Å². The van der Waals surface area contributed by atoms with Gasteiger partial charge in [-0.2, -0.15) is 23.3 Å². The van der Waals surface area contributed by atoms with Crippen LogP contribution in [0.2, 0.25) is 5.02 Å². The van der Waals surface area contributed by atoms with Crippen LogP contribution >= 0.6 is 27.5 Å². The first-order valence-corrected chi connectivity index (χ1v) is 7.37. The summed E-state index contributed by atoms with van der Waals surface area (Å²) in [5.74, 6) is -1.57. The molecule has 10 heteroatoms. The molecule has 0 bridgehead atoms. The van der Waals surface area contributed by atoms with Gasteiger partial charge in [0, 0.05) is 16.8 Å². The first-order valence-electron chi connectivity index (χ1n) is 6.20. The summed E-state index contributed by atoms with van der Waals surface area (Å²) in [7, 11) is 0. The van der Waals surface area contributed by atoms with Crippen LogP contribution in [0, 0.1) is 0 Å². The van der Waals surface area contributed by atoms with E-state index < -0.39 is 12.1 Å². The van der Waals surface area contributed by atoms with E-state index in [0.29, 0.717) is 17.1 Å². The maximum Gasteiger partial charge on any atom is 0.471 e. The van der Waals surface area contributed by atoms with Crippen molar-refractivity contribution < 1.29 is 17.7 Å². The molecule has 23 heavy (non-hydrogen) atoms. The van der Waals surface area contributed by atoms with Crippen LogP contribution in [0.1, 0.15) is 11.5 Å². The van der Waals surface area contributed by atoms with Crippen molar-refractivity contribution in [3.8, 4) is 11.4 Å². The Hall–Kier alpha value is -1.87. The highest BCUT2D eigenvalue weighted by Crippen LogP contribution is 2.30. The molecule has 2 aromatic heterocycles. The Morgan fingerprint density at radius 1 is 1.30 bits per heavy atom. The Balaban J connectivity index is 1.85. The zero-order valence-corrected chi connectivity index (χ0v) is 13.5. The fourth-order valence-corrected chi connectivity index (χ4v) is 2.44. The Morgan fingerprint density at radius 3 is 2.65 bits per heavy atom.